The Morgan fingerprint density at radius 2 is 1.90 bits per heavy atom. The van der Waals surface area contributed by atoms with E-state index in [9.17, 15) is 14.7 Å². The first kappa shape index (κ1) is 13.0. The van der Waals surface area contributed by atoms with Crippen LogP contribution in [0, 0.1) is 0 Å². The summed E-state index contributed by atoms with van der Waals surface area (Å²) in [6.45, 7) is 0.0514. The van der Waals surface area contributed by atoms with Gasteiger partial charge in [-0.15, -0.1) is 0 Å². The van der Waals surface area contributed by atoms with Crippen LogP contribution in [0.25, 0.3) is 11.0 Å². The number of ether oxygens (including phenoxy) is 1. The molecular weight excluding hydrogens is 276 g/mol. The molecule has 0 bridgehead atoms. The minimum absolute atomic E-state index is 0.0514. The number of fused-ring (bicyclic) bond motifs is 1. The minimum atomic E-state index is -1.38. The van der Waals surface area contributed by atoms with Crippen LogP contribution < -0.4 is 15.5 Å². The lowest BCUT2D eigenvalue weighted by Crippen LogP contribution is -2.21. The molecule has 6 heteroatoms. The molecular formula is C15H9O6-. The van der Waals surface area contributed by atoms with Gasteiger partial charge in [0.2, 0.25) is 0 Å². The van der Waals surface area contributed by atoms with Crippen LogP contribution in [0.2, 0.25) is 0 Å². The Labute approximate surface area is 118 Å². The van der Waals surface area contributed by atoms with Gasteiger partial charge in [-0.3, -0.25) is 0 Å². The Bertz CT molecular complexity index is 858. The highest BCUT2D eigenvalue weighted by Crippen LogP contribution is 2.20. The molecule has 0 N–H and O–H groups in total. The molecule has 106 valence electrons. The van der Waals surface area contributed by atoms with Crippen molar-refractivity contribution < 1.29 is 23.5 Å². The molecule has 21 heavy (non-hydrogen) atoms. The van der Waals surface area contributed by atoms with Crippen molar-refractivity contribution in [2.24, 2.45) is 0 Å². The predicted octanol–water partition coefficient (Wildman–Crippen LogP) is 1.33. The van der Waals surface area contributed by atoms with Gasteiger partial charge in [0.15, 0.2) is 0 Å². The third kappa shape index (κ3) is 2.79. The molecule has 6 nitrogen and oxygen atoms in total. The topological polar surface area (TPSA) is 92.7 Å². The zero-order valence-electron chi connectivity index (χ0n) is 10.7. The van der Waals surface area contributed by atoms with Crippen molar-refractivity contribution in [2.75, 3.05) is 0 Å². The number of carboxylic acid groups (broad SMARTS) is 1. The van der Waals surface area contributed by atoms with Crippen molar-refractivity contribution in [3.05, 3.63) is 64.4 Å². The van der Waals surface area contributed by atoms with E-state index < -0.39 is 11.6 Å². The first-order valence-corrected chi connectivity index (χ1v) is 6.08. The number of carbonyl (C=O) groups is 1. The first-order chi connectivity index (χ1) is 10.1. The van der Waals surface area contributed by atoms with Crippen molar-refractivity contribution in [1.82, 2.24) is 0 Å². The highest BCUT2D eigenvalue weighted by atomic mass is 16.5. The summed E-state index contributed by atoms with van der Waals surface area (Å²) in [6.07, 6.45) is 0. The second-order valence-electron chi connectivity index (χ2n) is 4.30. The third-order valence-corrected chi connectivity index (χ3v) is 2.84. The summed E-state index contributed by atoms with van der Waals surface area (Å²) < 4.78 is 15.5. The van der Waals surface area contributed by atoms with Gasteiger partial charge in [-0.05, 0) is 30.3 Å². The average molecular weight is 285 g/mol. The monoisotopic (exact) mass is 285 g/mol. The fraction of sp³-hybridized carbons (Fsp3) is 0.0667. The van der Waals surface area contributed by atoms with Crippen LogP contribution >= 0.6 is 0 Å². The van der Waals surface area contributed by atoms with Crippen LogP contribution in [0.1, 0.15) is 16.3 Å². The van der Waals surface area contributed by atoms with Crippen molar-refractivity contribution in [3.63, 3.8) is 0 Å². The molecule has 0 saturated heterocycles. The maximum Gasteiger partial charge on any atom is 0.336 e. The van der Waals surface area contributed by atoms with Crippen molar-refractivity contribution in [2.45, 2.75) is 6.61 Å². The van der Waals surface area contributed by atoms with Gasteiger partial charge in [-0.25, -0.2) is 4.79 Å². The highest BCUT2D eigenvalue weighted by Gasteiger charge is 2.05. The maximum absolute atomic E-state index is 11.2. The zero-order chi connectivity index (χ0) is 14.8. The second kappa shape index (κ2) is 5.16. The molecule has 0 fully saturated rings. The molecule has 0 aliphatic carbocycles. The van der Waals surface area contributed by atoms with E-state index in [1.54, 1.807) is 24.3 Å². The molecule has 0 unspecified atom stereocenters. The summed E-state index contributed by atoms with van der Waals surface area (Å²) >= 11 is 0. The van der Waals surface area contributed by atoms with Crippen LogP contribution in [0.15, 0.2) is 56.1 Å². The van der Waals surface area contributed by atoms with Crippen molar-refractivity contribution in [3.8, 4) is 5.75 Å². The van der Waals surface area contributed by atoms with E-state index in [1.165, 1.54) is 18.2 Å². The lowest BCUT2D eigenvalue weighted by molar-refractivity contribution is -0.257. The fourth-order valence-corrected chi connectivity index (χ4v) is 1.85. The summed E-state index contributed by atoms with van der Waals surface area (Å²) in [5.41, 5.74) is -0.0286. The van der Waals surface area contributed by atoms with Crippen LogP contribution in [0.5, 0.6) is 5.75 Å². The molecule has 0 spiro atoms. The van der Waals surface area contributed by atoms with Crippen LogP contribution in [0.4, 0.5) is 0 Å². The average Bonchev–Trinajstić information content (AvgIpc) is 2.93. The Kier molecular flexibility index (Phi) is 3.19. The minimum Gasteiger partial charge on any atom is -0.542 e. The summed E-state index contributed by atoms with van der Waals surface area (Å²) in [7, 11) is 0. The number of hydrogen-bond acceptors (Lipinski definition) is 6. The van der Waals surface area contributed by atoms with Gasteiger partial charge in [-0.2, -0.15) is 0 Å². The summed E-state index contributed by atoms with van der Waals surface area (Å²) in [4.78, 5) is 21.7. The number of aromatic carboxylic acids is 1. The maximum atomic E-state index is 11.2. The van der Waals surface area contributed by atoms with Gasteiger partial charge >= 0.3 is 5.63 Å². The van der Waals surface area contributed by atoms with Gasteiger partial charge in [0, 0.05) is 17.5 Å². The molecule has 3 aromatic rings. The second-order valence-corrected chi connectivity index (χ2v) is 4.30. The molecule has 0 saturated carbocycles. The third-order valence-electron chi connectivity index (χ3n) is 2.84. The van der Waals surface area contributed by atoms with Crippen LogP contribution in [-0.4, -0.2) is 5.97 Å². The van der Waals surface area contributed by atoms with Gasteiger partial charge in [-0.1, -0.05) is 0 Å². The Balaban J connectivity index is 1.78. The van der Waals surface area contributed by atoms with E-state index in [1.807, 2.05) is 0 Å². The van der Waals surface area contributed by atoms with Crippen molar-refractivity contribution in [1.29, 1.82) is 0 Å². The smallest absolute Gasteiger partial charge is 0.336 e. The number of carbonyl (C=O) groups excluding carboxylic acids is 1. The van der Waals surface area contributed by atoms with E-state index in [-0.39, 0.29) is 12.4 Å². The largest absolute Gasteiger partial charge is 0.542 e. The molecule has 0 aliphatic rings. The first-order valence-electron chi connectivity index (χ1n) is 6.08. The SMILES string of the molecule is O=C([O-])c1ccc(COc2ccc3ccc(=O)oc3c2)o1. The lowest BCUT2D eigenvalue weighted by Gasteiger charge is -2.05. The van der Waals surface area contributed by atoms with Gasteiger partial charge in [0.25, 0.3) is 0 Å². The van der Waals surface area contributed by atoms with E-state index in [0.717, 1.165) is 5.39 Å². The lowest BCUT2D eigenvalue weighted by atomic mass is 10.2. The fourth-order valence-electron chi connectivity index (χ4n) is 1.85. The number of rotatable bonds is 4. The molecule has 0 aliphatic heterocycles. The van der Waals surface area contributed by atoms with Gasteiger partial charge in [0.05, 0.1) is 0 Å². The van der Waals surface area contributed by atoms with E-state index in [0.29, 0.717) is 17.1 Å². The predicted molar refractivity (Wildman–Crippen MR) is 69.9 cm³/mol. The zero-order valence-corrected chi connectivity index (χ0v) is 10.7. The number of furan rings is 1. The normalized spacial score (nSPS) is 10.7. The van der Waals surface area contributed by atoms with Crippen LogP contribution in [0.3, 0.4) is 0 Å². The van der Waals surface area contributed by atoms with E-state index in [2.05, 4.69) is 0 Å². The summed E-state index contributed by atoms with van der Waals surface area (Å²) in [5, 5.41) is 11.4. The highest BCUT2D eigenvalue weighted by molar-refractivity contribution is 5.82. The molecule has 2 heterocycles. The Morgan fingerprint density at radius 3 is 2.67 bits per heavy atom. The summed E-state index contributed by atoms with van der Waals surface area (Å²) in [5.74, 6) is -0.807. The quantitative estimate of drug-likeness (QED) is 0.671. The van der Waals surface area contributed by atoms with Gasteiger partial charge in [0.1, 0.15) is 35.4 Å². The number of carboxylic acids is 1. The Hall–Kier alpha value is -3.02. The number of benzene rings is 1. The van der Waals surface area contributed by atoms with Crippen LogP contribution in [-0.2, 0) is 6.61 Å². The molecule has 0 amide bonds. The Morgan fingerprint density at radius 1 is 1.10 bits per heavy atom. The van der Waals surface area contributed by atoms with E-state index in [4.69, 9.17) is 13.6 Å². The summed E-state index contributed by atoms with van der Waals surface area (Å²) in [6, 6.07) is 10.8. The van der Waals surface area contributed by atoms with Crippen molar-refractivity contribution >= 4 is 16.9 Å². The van der Waals surface area contributed by atoms with E-state index >= 15 is 0 Å². The molecule has 3 rings (SSSR count). The molecule has 0 radical (unpaired) electrons. The number of hydrogen-bond donors (Lipinski definition) is 0. The standard InChI is InChI=1S/C15H10O6/c16-14-6-2-9-1-3-10(7-13(9)21-14)19-8-11-4-5-12(20-11)15(17)18/h1-7H,8H2,(H,17,18)/p-1. The molecule has 1 aromatic carbocycles. The van der Waals surface area contributed by atoms with Gasteiger partial charge < -0.3 is 23.5 Å². The molecule has 2 aromatic heterocycles. The molecule has 0 atom stereocenters.